The maximum atomic E-state index is 11.4. The lowest BCUT2D eigenvalue weighted by Gasteiger charge is -2.32. The topological polar surface area (TPSA) is 55.3 Å². The minimum atomic E-state index is -0.0874. The zero-order valence-corrected chi connectivity index (χ0v) is 11.4. The summed E-state index contributed by atoms with van der Waals surface area (Å²) in [6.07, 6.45) is 7.24. The molecule has 0 N–H and O–H groups in total. The molecule has 0 bridgehead atoms. The van der Waals surface area contributed by atoms with Crippen molar-refractivity contribution < 1.29 is 9.53 Å². The van der Waals surface area contributed by atoms with E-state index in [0.29, 0.717) is 18.9 Å². The SMILES string of the molecule is CCOC(=O)CCC1CCCN(c2ncccn2)C1. The van der Waals surface area contributed by atoms with Crippen molar-refractivity contribution in [3.8, 4) is 0 Å². The fourth-order valence-corrected chi connectivity index (χ4v) is 2.49. The van der Waals surface area contributed by atoms with E-state index in [1.54, 1.807) is 12.4 Å². The number of anilines is 1. The summed E-state index contributed by atoms with van der Waals surface area (Å²) in [6.45, 7) is 4.24. The van der Waals surface area contributed by atoms with Crippen LogP contribution in [0.15, 0.2) is 18.5 Å². The van der Waals surface area contributed by atoms with E-state index >= 15 is 0 Å². The van der Waals surface area contributed by atoms with Gasteiger partial charge in [-0.25, -0.2) is 9.97 Å². The Morgan fingerprint density at radius 2 is 2.26 bits per heavy atom. The number of carbonyl (C=O) groups is 1. The summed E-state index contributed by atoms with van der Waals surface area (Å²) in [5.41, 5.74) is 0. The van der Waals surface area contributed by atoms with Crippen LogP contribution >= 0.6 is 0 Å². The molecule has 2 heterocycles. The lowest BCUT2D eigenvalue weighted by atomic mass is 9.93. The molecule has 1 unspecified atom stereocenters. The van der Waals surface area contributed by atoms with Gasteiger partial charge < -0.3 is 9.64 Å². The number of nitrogens with zero attached hydrogens (tertiary/aromatic N) is 3. The number of ether oxygens (including phenoxy) is 1. The van der Waals surface area contributed by atoms with E-state index in [1.165, 1.54) is 6.42 Å². The van der Waals surface area contributed by atoms with Crippen LogP contribution in [-0.4, -0.2) is 35.6 Å². The molecule has 5 nitrogen and oxygen atoms in total. The van der Waals surface area contributed by atoms with Crippen molar-refractivity contribution in [2.75, 3.05) is 24.6 Å². The molecule has 19 heavy (non-hydrogen) atoms. The third kappa shape index (κ3) is 4.19. The van der Waals surface area contributed by atoms with Gasteiger partial charge in [0.15, 0.2) is 0 Å². The van der Waals surface area contributed by atoms with Crippen LogP contribution in [0.2, 0.25) is 0 Å². The molecule has 0 spiro atoms. The summed E-state index contributed by atoms with van der Waals surface area (Å²) in [5, 5.41) is 0. The molecule has 104 valence electrons. The highest BCUT2D eigenvalue weighted by Crippen LogP contribution is 2.23. The van der Waals surface area contributed by atoms with Crippen molar-refractivity contribution >= 4 is 11.9 Å². The zero-order valence-electron chi connectivity index (χ0n) is 11.4. The fourth-order valence-electron chi connectivity index (χ4n) is 2.49. The highest BCUT2D eigenvalue weighted by molar-refractivity contribution is 5.69. The van der Waals surface area contributed by atoms with Gasteiger partial charge in [0.1, 0.15) is 0 Å². The number of hydrogen-bond donors (Lipinski definition) is 0. The summed E-state index contributed by atoms with van der Waals surface area (Å²) in [4.78, 5) is 22.2. The average molecular weight is 263 g/mol. The smallest absolute Gasteiger partial charge is 0.305 e. The molecular weight excluding hydrogens is 242 g/mol. The first-order chi connectivity index (χ1) is 9.29. The van der Waals surface area contributed by atoms with Crippen LogP contribution in [0.5, 0.6) is 0 Å². The van der Waals surface area contributed by atoms with Gasteiger partial charge in [0.05, 0.1) is 6.61 Å². The molecule has 1 aliphatic heterocycles. The average Bonchev–Trinajstić information content (AvgIpc) is 2.47. The molecule has 1 fully saturated rings. The quantitative estimate of drug-likeness (QED) is 0.761. The van der Waals surface area contributed by atoms with Crippen molar-refractivity contribution in [3.05, 3.63) is 18.5 Å². The summed E-state index contributed by atoms with van der Waals surface area (Å²) >= 11 is 0. The largest absolute Gasteiger partial charge is 0.466 e. The van der Waals surface area contributed by atoms with E-state index < -0.39 is 0 Å². The molecular formula is C14H21N3O2. The number of esters is 1. The predicted molar refractivity (Wildman–Crippen MR) is 72.8 cm³/mol. The number of hydrogen-bond acceptors (Lipinski definition) is 5. The third-order valence-electron chi connectivity index (χ3n) is 3.42. The Labute approximate surface area is 114 Å². The molecule has 1 aromatic heterocycles. The van der Waals surface area contributed by atoms with Crippen molar-refractivity contribution in [2.45, 2.75) is 32.6 Å². The molecule has 0 aliphatic carbocycles. The van der Waals surface area contributed by atoms with E-state index in [9.17, 15) is 4.79 Å². The van der Waals surface area contributed by atoms with E-state index in [2.05, 4.69) is 14.9 Å². The van der Waals surface area contributed by atoms with Gasteiger partial charge in [-0.1, -0.05) is 0 Å². The Kier molecular flexibility index (Phi) is 5.12. The summed E-state index contributed by atoms with van der Waals surface area (Å²) in [6, 6.07) is 1.83. The molecule has 0 aromatic carbocycles. The van der Waals surface area contributed by atoms with Crippen molar-refractivity contribution in [1.82, 2.24) is 9.97 Å². The number of aromatic nitrogens is 2. The minimum Gasteiger partial charge on any atom is -0.466 e. The maximum Gasteiger partial charge on any atom is 0.305 e. The normalized spacial score (nSPS) is 19.2. The Morgan fingerprint density at radius 3 is 3.00 bits per heavy atom. The van der Waals surface area contributed by atoms with Crippen LogP contribution in [0, 0.1) is 5.92 Å². The molecule has 2 rings (SSSR count). The minimum absolute atomic E-state index is 0.0874. The number of rotatable bonds is 5. The molecule has 1 aliphatic rings. The van der Waals surface area contributed by atoms with Crippen molar-refractivity contribution in [1.29, 1.82) is 0 Å². The maximum absolute atomic E-state index is 11.4. The summed E-state index contributed by atoms with van der Waals surface area (Å²) in [7, 11) is 0. The van der Waals surface area contributed by atoms with E-state index in [-0.39, 0.29) is 5.97 Å². The second-order valence-corrected chi connectivity index (χ2v) is 4.85. The van der Waals surface area contributed by atoms with Crippen LogP contribution < -0.4 is 4.90 Å². The van der Waals surface area contributed by atoms with Crippen LogP contribution in [0.25, 0.3) is 0 Å². The third-order valence-corrected chi connectivity index (χ3v) is 3.42. The lowest BCUT2D eigenvalue weighted by molar-refractivity contribution is -0.143. The summed E-state index contributed by atoms with van der Waals surface area (Å²) < 4.78 is 4.97. The molecule has 1 atom stereocenters. The predicted octanol–water partition coefficient (Wildman–Crippen LogP) is 2.04. The van der Waals surface area contributed by atoms with Gasteiger partial charge in [-0.05, 0) is 38.2 Å². The second kappa shape index (κ2) is 7.07. The highest BCUT2D eigenvalue weighted by Gasteiger charge is 2.22. The monoisotopic (exact) mass is 263 g/mol. The van der Waals surface area contributed by atoms with Crippen LogP contribution in [0.1, 0.15) is 32.6 Å². The first-order valence-corrected chi connectivity index (χ1v) is 6.97. The van der Waals surface area contributed by atoms with Crippen LogP contribution in [-0.2, 0) is 9.53 Å². The molecule has 1 saturated heterocycles. The van der Waals surface area contributed by atoms with Gasteiger partial charge in [0, 0.05) is 31.9 Å². The van der Waals surface area contributed by atoms with E-state index in [4.69, 9.17) is 4.74 Å². The first-order valence-electron chi connectivity index (χ1n) is 6.97. The van der Waals surface area contributed by atoms with E-state index in [0.717, 1.165) is 31.9 Å². The Balaban J connectivity index is 1.82. The molecule has 0 radical (unpaired) electrons. The standard InChI is InChI=1S/C14H21N3O2/c1-2-19-13(18)7-6-12-5-3-10-17(11-12)14-15-8-4-9-16-14/h4,8-9,12H,2-3,5-7,10-11H2,1H3. The Morgan fingerprint density at radius 1 is 1.47 bits per heavy atom. The second-order valence-electron chi connectivity index (χ2n) is 4.85. The van der Waals surface area contributed by atoms with E-state index in [1.807, 2.05) is 13.0 Å². The fraction of sp³-hybridized carbons (Fsp3) is 0.643. The van der Waals surface area contributed by atoms with Crippen LogP contribution in [0.3, 0.4) is 0 Å². The van der Waals surface area contributed by atoms with Gasteiger partial charge in [-0.2, -0.15) is 0 Å². The Hall–Kier alpha value is -1.65. The van der Waals surface area contributed by atoms with Gasteiger partial charge >= 0.3 is 5.97 Å². The highest BCUT2D eigenvalue weighted by atomic mass is 16.5. The molecule has 0 saturated carbocycles. The molecule has 1 aromatic rings. The van der Waals surface area contributed by atoms with Gasteiger partial charge in [-0.3, -0.25) is 4.79 Å². The number of piperidine rings is 1. The molecule has 0 amide bonds. The lowest BCUT2D eigenvalue weighted by Crippen LogP contribution is -2.36. The number of carbonyl (C=O) groups excluding carboxylic acids is 1. The zero-order chi connectivity index (χ0) is 13.5. The Bertz CT molecular complexity index is 397. The van der Waals surface area contributed by atoms with Crippen molar-refractivity contribution in [2.24, 2.45) is 5.92 Å². The van der Waals surface area contributed by atoms with Gasteiger partial charge in [0.2, 0.25) is 5.95 Å². The van der Waals surface area contributed by atoms with Gasteiger partial charge in [0.25, 0.3) is 0 Å². The molecule has 5 heteroatoms. The first kappa shape index (κ1) is 13.8. The van der Waals surface area contributed by atoms with Crippen molar-refractivity contribution in [3.63, 3.8) is 0 Å². The summed E-state index contributed by atoms with van der Waals surface area (Å²) in [5.74, 6) is 1.24. The van der Waals surface area contributed by atoms with Gasteiger partial charge in [-0.15, -0.1) is 0 Å². The van der Waals surface area contributed by atoms with Crippen LogP contribution in [0.4, 0.5) is 5.95 Å².